The molecule has 0 aliphatic rings. The van der Waals surface area contributed by atoms with Crippen molar-refractivity contribution in [2.75, 3.05) is 0 Å². The molecule has 0 aliphatic carbocycles. The zero-order chi connectivity index (χ0) is 12.5. The van der Waals surface area contributed by atoms with Gasteiger partial charge in [-0.2, -0.15) is 10.5 Å². The predicted octanol–water partition coefficient (Wildman–Crippen LogP) is 3.74. The van der Waals surface area contributed by atoms with E-state index in [4.69, 9.17) is 5.26 Å². The molecule has 0 heterocycles. The van der Waals surface area contributed by atoms with Crippen LogP contribution in [0.5, 0.6) is 0 Å². The van der Waals surface area contributed by atoms with Gasteiger partial charge in [-0.3, -0.25) is 0 Å². The van der Waals surface area contributed by atoms with Crippen LogP contribution in [0.15, 0.2) is 48.5 Å². The molecule has 0 saturated heterocycles. The lowest BCUT2D eigenvalue weighted by atomic mass is 9.95. The Kier molecular flexibility index (Phi) is 2.22. The van der Waals surface area contributed by atoms with Crippen LogP contribution in [0.3, 0.4) is 0 Å². The second kappa shape index (κ2) is 3.87. The van der Waals surface area contributed by atoms with Gasteiger partial charge in [0, 0.05) is 10.8 Å². The van der Waals surface area contributed by atoms with E-state index >= 15 is 0 Å². The number of hydrogen-bond donors (Lipinski definition) is 0. The van der Waals surface area contributed by atoms with Crippen molar-refractivity contribution in [3.63, 3.8) is 0 Å². The second-order valence-electron chi connectivity index (χ2n) is 4.09. The van der Waals surface area contributed by atoms with Gasteiger partial charge < -0.3 is 0 Å². The number of rotatable bonds is 0. The van der Waals surface area contributed by atoms with Crippen LogP contribution >= 0.6 is 0 Å². The maximum Gasteiger partial charge on any atom is 0.0998 e. The summed E-state index contributed by atoms with van der Waals surface area (Å²) in [5.41, 5.74) is 1.22. The van der Waals surface area contributed by atoms with Crippen molar-refractivity contribution >= 4 is 21.5 Å². The van der Waals surface area contributed by atoms with Crippen LogP contribution < -0.4 is 0 Å². The summed E-state index contributed by atoms with van der Waals surface area (Å²) < 4.78 is 0. The molecule has 82 valence electrons. The van der Waals surface area contributed by atoms with E-state index in [2.05, 4.69) is 12.1 Å². The second-order valence-corrected chi connectivity index (χ2v) is 4.09. The van der Waals surface area contributed by atoms with E-state index in [-0.39, 0.29) is 0 Å². The van der Waals surface area contributed by atoms with E-state index in [1.807, 2.05) is 36.4 Å². The third-order valence-corrected chi connectivity index (χ3v) is 3.15. The van der Waals surface area contributed by atoms with E-state index in [0.29, 0.717) is 11.1 Å². The van der Waals surface area contributed by atoms with Crippen molar-refractivity contribution in [2.24, 2.45) is 0 Å². The molecule has 0 atom stereocenters. The van der Waals surface area contributed by atoms with Gasteiger partial charge in [-0.1, -0.05) is 36.4 Å². The Bertz CT molecular complexity index is 848. The normalized spacial score (nSPS) is 10.1. The maximum atomic E-state index is 9.23. The molecule has 0 aromatic heterocycles. The molecule has 0 spiro atoms. The van der Waals surface area contributed by atoms with Crippen LogP contribution in [-0.2, 0) is 0 Å². The largest absolute Gasteiger partial charge is 0.192 e. The highest BCUT2D eigenvalue weighted by atomic mass is 14.3. The Labute approximate surface area is 104 Å². The fraction of sp³-hybridized carbons (Fsp3) is 0. The fourth-order valence-electron chi connectivity index (χ4n) is 2.32. The topological polar surface area (TPSA) is 47.6 Å². The zero-order valence-electron chi connectivity index (χ0n) is 9.51. The van der Waals surface area contributed by atoms with Crippen LogP contribution in [0, 0.1) is 22.7 Å². The van der Waals surface area contributed by atoms with E-state index in [0.717, 1.165) is 21.5 Å². The summed E-state index contributed by atoms with van der Waals surface area (Å²) in [6.45, 7) is 0. The van der Waals surface area contributed by atoms with E-state index in [1.165, 1.54) is 0 Å². The standard InChI is InChI=1S/C16H8N2/c17-9-12-5-6-13(10-18)16-14-4-2-1-3-11(14)7-8-15(12)16/h1-8H. The number of fused-ring (bicyclic) bond motifs is 3. The molecule has 0 fully saturated rings. The minimum Gasteiger partial charge on any atom is -0.192 e. The smallest absolute Gasteiger partial charge is 0.0998 e. The molecule has 0 N–H and O–H groups in total. The van der Waals surface area contributed by atoms with E-state index < -0.39 is 0 Å². The van der Waals surface area contributed by atoms with Gasteiger partial charge in [0.05, 0.1) is 23.3 Å². The molecule has 0 saturated carbocycles. The summed E-state index contributed by atoms with van der Waals surface area (Å²) in [6.07, 6.45) is 0. The van der Waals surface area contributed by atoms with Gasteiger partial charge in [-0.25, -0.2) is 0 Å². The quantitative estimate of drug-likeness (QED) is 0.550. The summed E-state index contributed by atoms with van der Waals surface area (Å²) in [5.74, 6) is 0. The van der Waals surface area contributed by atoms with Gasteiger partial charge in [0.15, 0.2) is 0 Å². The van der Waals surface area contributed by atoms with Gasteiger partial charge in [0.25, 0.3) is 0 Å². The van der Waals surface area contributed by atoms with E-state index in [9.17, 15) is 5.26 Å². The summed E-state index contributed by atoms with van der Waals surface area (Å²) in [4.78, 5) is 0. The molecular formula is C16H8N2. The number of nitrogens with zero attached hydrogens (tertiary/aromatic N) is 2. The van der Waals surface area contributed by atoms with Crippen molar-refractivity contribution in [2.45, 2.75) is 0 Å². The maximum absolute atomic E-state index is 9.23. The number of nitriles is 2. The first-order chi connectivity index (χ1) is 8.85. The van der Waals surface area contributed by atoms with Crippen LogP contribution in [0.1, 0.15) is 11.1 Å². The monoisotopic (exact) mass is 228 g/mol. The van der Waals surface area contributed by atoms with Crippen molar-refractivity contribution in [1.29, 1.82) is 10.5 Å². The molecule has 0 amide bonds. The van der Waals surface area contributed by atoms with Crippen LogP contribution in [0.2, 0.25) is 0 Å². The van der Waals surface area contributed by atoms with Gasteiger partial charge in [0.2, 0.25) is 0 Å². The first-order valence-corrected chi connectivity index (χ1v) is 5.60. The molecule has 0 unspecified atom stereocenters. The summed E-state index contributed by atoms with van der Waals surface area (Å²) in [7, 11) is 0. The Morgan fingerprint density at radius 3 is 2.17 bits per heavy atom. The SMILES string of the molecule is N#Cc1ccc(C#N)c2c1ccc1ccccc12. The Hall–Kier alpha value is -2.84. The number of hydrogen-bond acceptors (Lipinski definition) is 2. The zero-order valence-corrected chi connectivity index (χ0v) is 9.51. The third-order valence-electron chi connectivity index (χ3n) is 3.15. The highest BCUT2D eigenvalue weighted by Crippen LogP contribution is 2.30. The molecule has 3 aromatic rings. The average Bonchev–Trinajstić information content (AvgIpc) is 2.45. The van der Waals surface area contributed by atoms with Crippen LogP contribution in [-0.4, -0.2) is 0 Å². The van der Waals surface area contributed by atoms with Crippen LogP contribution in [0.25, 0.3) is 21.5 Å². The Morgan fingerprint density at radius 1 is 0.667 bits per heavy atom. The molecule has 2 heteroatoms. The lowest BCUT2D eigenvalue weighted by Crippen LogP contribution is -1.86. The summed E-state index contributed by atoms with van der Waals surface area (Å²) in [5, 5.41) is 22.2. The number of benzene rings is 3. The molecule has 3 rings (SSSR count). The third kappa shape index (κ3) is 1.34. The Morgan fingerprint density at radius 2 is 1.39 bits per heavy atom. The molecule has 0 aliphatic heterocycles. The average molecular weight is 228 g/mol. The first kappa shape index (κ1) is 10.3. The molecule has 2 nitrogen and oxygen atoms in total. The first-order valence-electron chi connectivity index (χ1n) is 5.60. The summed E-state index contributed by atoms with van der Waals surface area (Å²) >= 11 is 0. The molecule has 3 aromatic carbocycles. The van der Waals surface area contributed by atoms with Crippen molar-refractivity contribution in [3.8, 4) is 12.1 Å². The highest BCUT2D eigenvalue weighted by molar-refractivity contribution is 6.11. The van der Waals surface area contributed by atoms with Crippen molar-refractivity contribution in [3.05, 3.63) is 59.7 Å². The minimum absolute atomic E-state index is 0.606. The summed E-state index contributed by atoms with van der Waals surface area (Å²) in [6, 6.07) is 19.6. The minimum atomic E-state index is 0.606. The van der Waals surface area contributed by atoms with Gasteiger partial charge in [-0.15, -0.1) is 0 Å². The fourth-order valence-corrected chi connectivity index (χ4v) is 2.32. The molecule has 0 radical (unpaired) electrons. The molecule has 18 heavy (non-hydrogen) atoms. The molecular weight excluding hydrogens is 220 g/mol. The van der Waals surface area contributed by atoms with E-state index in [1.54, 1.807) is 12.1 Å². The lowest BCUT2D eigenvalue weighted by molar-refractivity contribution is 1.48. The van der Waals surface area contributed by atoms with Gasteiger partial charge >= 0.3 is 0 Å². The molecule has 0 bridgehead atoms. The lowest BCUT2D eigenvalue weighted by Gasteiger charge is -2.06. The van der Waals surface area contributed by atoms with Gasteiger partial charge in [-0.05, 0) is 22.9 Å². The van der Waals surface area contributed by atoms with Crippen molar-refractivity contribution < 1.29 is 0 Å². The highest BCUT2D eigenvalue weighted by Gasteiger charge is 2.08. The van der Waals surface area contributed by atoms with Crippen LogP contribution in [0.4, 0.5) is 0 Å². The van der Waals surface area contributed by atoms with Crippen molar-refractivity contribution in [1.82, 2.24) is 0 Å². The Balaban J connectivity index is 2.65. The van der Waals surface area contributed by atoms with Gasteiger partial charge in [0.1, 0.15) is 0 Å². The predicted molar refractivity (Wildman–Crippen MR) is 70.9 cm³/mol.